The van der Waals surface area contributed by atoms with Crippen molar-refractivity contribution in [3.63, 3.8) is 0 Å². The van der Waals surface area contributed by atoms with Crippen LogP contribution < -0.4 is 5.56 Å². The molecule has 1 aliphatic rings. The number of nitrogens with zero attached hydrogens (tertiary/aromatic N) is 5. The molecule has 1 saturated heterocycles. The van der Waals surface area contributed by atoms with Gasteiger partial charge < -0.3 is 9.47 Å². The van der Waals surface area contributed by atoms with Crippen LogP contribution in [-0.4, -0.2) is 43.1 Å². The first-order valence-corrected chi connectivity index (χ1v) is 9.74. The molecule has 0 radical (unpaired) electrons. The molecule has 28 heavy (non-hydrogen) atoms. The summed E-state index contributed by atoms with van der Waals surface area (Å²) in [6.07, 6.45) is 2.07. The molecule has 1 amide bonds. The second kappa shape index (κ2) is 7.22. The van der Waals surface area contributed by atoms with E-state index >= 15 is 0 Å². The van der Waals surface area contributed by atoms with Gasteiger partial charge in [0.1, 0.15) is 6.54 Å². The summed E-state index contributed by atoms with van der Waals surface area (Å²) in [6, 6.07) is 9.35. The lowest BCUT2D eigenvalue weighted by atomic mass is 9.99. The highest BCUT2D eigenvalue weighted by molar-refractivity contribution is 5.76. The molecular formula is C21H25N5O2. The third-order valence-electron chi connectivity index (χ3n) is 5.50. The molecule has 146 valence electrons. The first kappa shape index (κ1) is 18.4. The van der Waals surface area contributed by atoms with E-state index in [-0.39, 0.29) is 18.0 Å². The van der Waals surface area contributed by atoms with Gasteiger partial charge in [0.2, 0.25) is 11.7 Å². The quantitative estimate of drug-likeness (QED) is 0.701. The molecule has 2 aromatic heterocycles. The SMILES string of the molecule is Cc1cccc(-c2nc3n(CC(=O)N4CCC(C)CC4)c(C)cc(=O)n3n2)c1. The maximum atomic E-state index is 12.8. The number of amides is 1. The van der Waals surface area contributed by atoms with Gasteiger partial charge in [-0.3, -0.25) is 9.59 Å². The fourth-order valence-electron chi connectivity index (χ4n) is 3.70. The Balaban J connectivity index is 1.72. The summed E-state index contributed by atoms with van der Waals surface area (Å²) < 4.78 is 3.07. The van der Waals surface area contributed by atoms with Gasteiger partial charge in [0, 0.05) is 30.4 Å². The van der Waals surface area contributed by atoms with Crippen LogP contribution in [0.2, 0.25) is 0 Å². The lowest BCUT2D eigenvalue weighted by Gasteiger charge is -2.30. The minimum absolute atomic E-state index is 0.0562. The van der Waals surface area contributed by atoms with E-state index in [2.05, 4.69) is 17.0 Å². The number of fused-ring (bicyclic) bond motifs is 1. The number of hydrogen-bond donors (Lipinski definition) is 0. The Morgan fingerprint density at radius 2 is 1.93 bits per heavy atom. The molecule has 0 aliphatic carbocycles. The van der Waals surface area contributed by atoms with E-state index in [1.807, 2.05) is 43.0 Å². The second-order valence-corrected chi connectivity index (χ2v) is 7.79. The van der Waals surface area contributed by atoms with Crippen LogP contribution in [0, 0.1) is 19.8 Å². The van der Waals surface area contributed by atoms with Gasteiger partial charge >= 0.3 is 0 Å². The Morgan fingerprint density at radius 1 is 1.18 bits per heavy atom. The van der Waals surface area contributed by atoms with Crippen LogP contribution in [-0.2, 0) is 11.3 Å². The van der Waals surface area contributed by atoms with Crippen molar-refractivity contribution < 1.29 is 4.79 Å². The van der Waals surface area contributed by atoms with Gasteiger partial charge in [0.05, 0.1) is 0 Å². The molecule has 7 nitrogen and oxygen atoms in total. The number of aryl methyl sites for hydroxylation is 2. The summed E-state index contributed by atoms with van der Waals surface area (Å²) in [7, 11) is 0. The van der Waals surface area contributed by atoms with Crippen molar-refractivity contribution in [3.05, 3.63) is 51.9 Å². The fraction of sp³-hybridized carbons (Fsp3) is 0.429. The zero-order valence-corrected chi connectivity index (χ0v) is 16.6. The molecule has 0 spiro atoms. The van der Waals surface area contributed by atoms with Crippen molar-refractivity contribution in [2.45, 2.75) is 40.2 Å². The average molecular weight is 379 g/mol. The zero-order valence-electron chi connectivity index (χ0n) is 16.6. The van der Waals surface area contributed by atoms with Gasteiger partial charge in [-0.1, -0.05) is 30.7 Å². The predicted octanol–water partition coefficient (Wildman–Crippen LogP) is 2.43. The van der Waals surface area contributed by atoms with Crippen molar-refractivity contribution in [1.29, 1.82) is 0 Å². The molecule has 0 atom stereocenters. The van der Waals surface area contributed by atoms with E-state index in [4.69, 9.17) is 0 Å². The largest absolute Gasteiger partial charge is 0.341 e. The number of aromatic nitrogens is 4. The van der Waals surface area contributed by atoms with Crippen LogP contribution in [0.4, 0.5) is 0 Å². The lowest BCUT2D eigenvalue weighted by molar-refractivity contribution is -0.133. The molecule has 0 N–H and O–H groups in total. The maximum Gasteiger partial charge on any atom is 0.275 e. The standard InChI is InChI=1S/C21H25N5O2/c1-14-7-9-24(10-8-14)19(28)13-25-16(3)12-18(27)26-21(25)22-20(23-26)17-6-4-5-15(2)11-17/h4-6,11-12,14H,7-10,13H2,1-3H3. The third kappa shape index (κ3) is 3.44. The highest BCUT2D eigenvalue weighted by Crippen LogP contribution is 2.19. The minimum atomic E-state index is -0.241. The van der Waals surface area contributed by atoms with E-state index in [1.165, 1.54) is 10.6 Å². The van der Waals surface area contributed by atoms with E-state index in [0.29, 0.717) is 23.2 Å². The van der Waals surface area contributed by atoms with Crippen LogP contribution in [0.5, 0.6) is 0 Å². The summed E-state index contributed by atoms with van der Waals surface area (Å²) in [6.45, 7) is 7.79. The Kier molecular flexibility index (Phi) is 4.75. The number of piperidine rings is 1. The molecule has 1 fully saturated rings. The highest BCUT2D eigenvalue weighted by Gasteiger charge is 2.22. The molecule has 1 aliphatic heterocycles. The molecule has 3 aromatic rings. The molecule has 0 unspecified atom stereocenters. The number of benzene rings is 1. The minimum Gasteiger partial charge on any atom is -0.341 e. The number of rotatable bonds is 3. The normalized spacial score (nSPS) is 15.3. The summed E-state index contributed by atoms with van der Waals surface area (Å²) in [5, 5.41) is 4.40. The van der Waals surface area contributed by atoms with Crippen LogP contribution in [0.3, 0.4) is 0 Å². The van der Waals surface area contributed by atoms with E-state index in [0.717, 1.165) is 37.1 Å². The van der Waals surface area contributed by atoms with Gasteiger partial charge in [-0.25, -0.2) is 0 Å². The summed E-state index contributed by atoms with van der Waals surface area (Å²) in [5.74, 6) is 1.61. The van der Waals surface area contributed by atoms with Gasteiger partial charge in [-0.15, -0.1) is 5.10 Å². The maximum absolute atomic E-state index is 12.8. The molecule has 0 saturated carbocycles. The Morgan fingerprint density at radius 3 is 2.64 bits per heavy atom. The Labute approximate surface area is 163 Å². The summed E-state index contributed by atoms with van der Waals surface area (Å²) >= 11 is 0. The van der Waals surface area contributed by atoms with Crippen molar-refractivity contribution in [3.8, 4) is 11.4 Å². The van der Waals surface area contributed by atoms with E-state index in [1.54, 1.807) is 4.57 Å². The van der Waals surface area contributed by atoms with Crippen LogP contribution >= 0.6 is 0 Å². The fourth-order valence-corrected chi connectivity index (χ4v) is 3.70. The first-order valence-electron chi connectivity index (χ1n) is 9.74. The zero-order chi connectivity index (χ0) is 19.8. The first-order chi connectivity index (χ1) is 13.4. The van der Waals surface area contributed by atoms with Crippen molar-refractivity contribution >= 4 is 11.7 Å². The Hall–Kier alpha value is -2.96. The molecule has 3 heterocycles. The highest BCUT2D eigenvalue weighted by atomic mass is 16.2. The molecule has 7 heteroatoms. The number of carbonyl (C=O) groups is 1. The predicted molar refractivity (Wildman–Crippen MR) is 107 cm³/mol. The molecule has 1 aromatic carbocycles. The monoisotopic (exact) mass is 379 g/mol. The van der Waals surface area contributed by atoms with Gasteiger partial charge in [0.25, 0.3) is 5.56 Å². The van der Waals surface area contributed by atoms with Crippen LogP contribution in [0.25, 0.3) is 17.2 Å². The molecule has 4 rings (SSSR count). The molecule has 0 bridgehead atoms. The van der Waals surface area contributed by atoms with Crippen molar-refractivity contribution in [1.82, 2.24) is 24.1 Å². The smallest absolute Gasteiger partial charge is 0.275 e. The second-order valence-electron chi connectivity index (χ2n) is 7.79. The summed E-state index contributed by atoms with van der Waals surface area (Å²) in [4.78, 5) is 31.8. The van der Waals surface area contributed by atoms with E-state index in [9.17, 15) is 9.59 Å². The molecular weight excluding hydrogens is 354 g/mol. The summed E-state index contributed by atoms with van der Waals surface area (Å²) in [5.41, 5.74) is 2.41. The van der Waals surface area contributed by atoms with Crippen molar-refractivity contribution in [2.75, 3.05) is 13.1 Å². The van der Waals surface area contributed by atoms with Crippen LogP contribution in [0.1, 0.15) is 31.0 Å². The number of likely N-dealkylation sites (tertiary alicyclic amines) is 1. The Bertz CT molecular complexity index is 1090. The van der Waals surface area contributed by atoms with Gasteiger partial charge in [-0.2, -0.15) is 9.50 Å². The van der Waals surface area contributed by atoms with Gasteiger partial charge in [0.15, 0.2) is 5.82 Å². The third-order valence-corrected chi connectivity index (χ3v) is 5.50. The lowest BCUT2D eigenvalue weighted by Crippen LogP contribution is -2.40. The average Bonchev–Trinajstić information content (AvgIpc) is 3.11. The van der Waals surface area contributed by atoms with Crippen LogP contribution in [0.15, 0.2) is 35.1 Å². The number of carbonyl (C=O) groups excluding carboxylic acids is 1. The van der Waals surface area contributed by atoms with E-state index < -0.39 is 0 Å². The van der Waals surface area contributed by atoms with Crippen molar-refractivity contribution in [2.24, 2.45) is 5.92 Å². The topological polar surface area (TPSA) is 72.5 Å². The van der Waals surface area contributed by atoms with Gasteiger partial charge in [-0.05, 0) is 38.7 Å². The number of hydrogen-bond acceptors (Lipinski definition) is 4.